The summed E-state index contributed by atoms with van der Waals surface area (Å²) >= 11 is 1.89. The molecule has 1 aliphatic carbocycles. The highest BCUT2D eigenvalue weighted by atomic mass is 32.2. The van der Waals surface area contributed by atoms with Gasteiger partial charge in [0, 0.05) is 18.0 Å². The van der Waals surface area contributed by atoms with E-state index in [2.05, 4.69) is 30.5 Å². The van der Waals surface area contributed by atoms with Gasteiger partial charge in [-0.05, 0) is 48.1 Å². The molecule has 0 radical (unpaired) electrons. The number of aliphatic hydroxyl groups excluding tert-OH is 1. The highest BCUT2D eigenvalue weighted by Gasteiger charge is 2.22. The molecule has 3 N–H and O–H groups in total. The lowest BCUT2D eigenvalue weighted by Gasteiger charge is -2.12. The van der Waals surface area contributed by atoms with Crippen molar-refractivity contribution in [2.45, 2.75) is 50.2 Å². The molecular formula is C17H26N2O2S. The molecule has 0 heterocycles. The Kier molecular flexibility index (Phi) is 6.58. The van der Waals surface area contributed by atoms with E-state index < -0.39 is 0 Å². The fraction of sp³-hybridized carbons (Fsp3) is 0.588. The normalized spacial score (nSPS) is 21.1. The summed E-state index contributed by atoms with van der Waals surface area (Å²) in [5, 5.41) is 15.9. The van der Waals surface area contributed by atoms with Gasteiger partial charge >= 0.3 is 6.03 Å². The zero-order chi connectivity index (χ0) is 15.9. The molecular weight excluding hydrogens is 296 g/mol. The highest BCUT2D eigenvalue weighted by molar-refractivity contribution is 7.99. The largest absolute Gasteiger partial charge is 0.393 e. The van der Waals surface area contributed by atoms with Gasteiger partial charge < -0.3 is 15.7 Å². The molecule has 0 saturated heterocycles. The third-order valence-electron chi connectivity index (χ3n) is 3.83. The van der Waals surface area contributed by atoms with Crippen LogP contribution in [-0.2, 0) is 5.75 Å². The van der Waals surface area contributed by atoms with Crippen molar-refractivity contribution in [1.82, 2.24) is 5.32 Å². The molecule has 2 rings (SSSR count). The minimum absolute atomic E-state index is 0.171. The van der Waals surface area contributed by atoms with Crippen molar-refractivity contribution in [3.63, 3.8) is 0 Å². The van der Waals surface area contributed by atoms with Gasteiger partial charge in [-0.1, -0.05) is 26.0 Å². The molecule has 0 bridgehead atoms. The number of benzene rings is 1. The highest BCUT2D eigenvalue weighted by Crippen LogP contribution is 2.24. The fourth-order valence-corrected chi connectivity index (χ4v) is 3.35. The van der Waals surface area contributed by atoms with Crippen LogP contribution in [0.25, 0.3) is 0 Å². The Morgan fingerprint density at radius 2 is 2.23 bits per heavy atom. The Labute approximate surface area is 137 Å². The van der Waals surface area contributed by atoms with Crippen molar-refractivity contribution in [2.75, 3.05) is 11.9 Å². The smallest absolute Gasteiger partial charge is 0.319 e. The van der Waals surface area contributed by atoms with Gasteiger partial charge in [0.1, 0.15) is 0 Å². The average molecular weight is 322 g/mol. The molecule has 0 aliphatic heterocycles. The summed E-state index contributed by atoms with van der Waals surface area (Å²) in [5.74, 6) is 1.35. The first-order valence-electron chi connectivity index (χ1n) is 7.96. The second-order valence-electron chi connectivity index (χ2n) is 6.23. The molecule has 1 aromatic rings. The zero-order valence-electron chi connectivity index (χ0n) is 13.3. The molecule has 0 aromatic heterocycles. The van der Waals surface area contributed by atoms with Crippen LogP contribution in [0.5, 0.6) is 0 Å². The minimum Gasteiger partial charge on any atom is -0.393 e. The van der Waals surface area contributed by atoms with E-state index in [0.717, 1.165) is 30.7 Å². The number of amides is 2. The number of urea groups is 1. The van der Waals surface area contributed by atoms with Crippen molar-refractivity contribution in [1.29, 1.82) is 0 Å². The fourth-order valence-electron chi connectivity index (χ4n) is 2.65. The maximum atomic E-state index is 11.9. The first-order chi connectivity index (χ1) is 10.5. The second kappa shape index (κ2) is 8.44. The monoisotopic (exact) mass is 322 g/mol. The minimum atomic E-state index is -0.190. The predicted molar refractivity (Wildman–Crippen MR) is 93.2 cm³/mol. The molecule has 2 atom stereocenters. The molecule has 5 heteroatoms. The Hall–Kier alpha value is -1.20. The van der Waals surface area contributed by atoms with Gasteiger partial charge in [0.05, 0.1) is 6.10 Å². The summed E-state index contributed by atoms with van der Waals surface area (Å²) in [7, 11) is 0. The third-order valence-corrected chi connectivity index (χ3v) is 5.00. The number of carbonyl (C=O) groups is 1. The topological polar surface area (TPSA) is 61.4 Å². The standard InChI is InChI=1S/C17H26N2O2S/c1-12(2)22-11-14-4-3-5-15(8-14)19-17(21)18-10-13-6-7-16(20)9-13/h3-5,8,12-13,16,20H,6-7,9-11H2,1-2H3,(H2,18,19,21)/t13-,16-/m1/s1. The number of hydrogen-bond donors (Lipinski definition) is 3. The van der Waals surface area contributed by atoms with Crippen molar-refractivity contribution in [3.05, 3.63) is 29.8 Å². The van der Waals surface area contributed by atoms with E-state index in [-0.39, 0.29) is 12.1 Å². The Morgan fingerprint density at radius 1 is 1.41 bits per heavy atom. The van der Waals surface area contributed by atoms with Gasteiger partial charge in [0.15, 0.2) is 0 Å². The van der Waals surface area contributed by atoms with Crippen LogP contribution in [0.3, 0.4) is 0 Å². The van der Waals surface area contributed by atoms with E-state index >= 15 is 0 Å². The number of hydrogen-bond acceptors (Lipinski definition) is 3. The van der Waals surface area contributed by atoms with Crippen LogP contribution in [0.2, 0.25) is 0 Å². The maximum Gasteiger partial charge on any atom is 0.319 e. The van der Waals surface area contributed by atoms with Crippen LogP contribution in [0.15, 0.2) is 24.3 Å². The number of carbonyl (C=O) groups excluding carboxylic acids is 1. The quantitative estimate of drug-likeness (QED) is 0.750. The van der Waals surface area contributed by atoms with Gasteiger partial charge in [-0.25, -0.2) is 4.79 Å². The van der Waals surface area contributed by atoms with Gasteiger partial charge in [-0.2, -0.15) is 11.8 Å². The van der Waals surface area contributed by atoms with E-state index in [4.69, 9.17) is 0 Å². The van der Waals surface area contributed by atoms with E-state index in [1.807, 2.05) is 30.0 Å². The number of anilines is 1. The summed E-state index contributed by atoms with van der Waals surface area (Å²) in [6.45, 7) is 4.99. The molecule has 0 spiro atoms. The summed E-state index contributed by atoms with van der Waals surface area (Å²) in [4.78, 5) is 11.9. The number of aliphatic hydroxyl groups is 1. The van der Waals surface area contributed by atoms with Crippen LogP contribution < -0.4 is 10.6 Å². The lowest BCUT2D eigenvalue weighted by atomic mass is 10.1. The van der Waals surface area contributed by atoms with Gasteiger partial charge in [0.25, 0.3) is 0 Å². The summed E-state index contributed by atoms with van der Waals surface area (Å²) in [6, 6.07) is 7.81. The molecule has 1 fully saturated rings. The molecule has 2 amide bonds. The lowest BCUT2D eigenvalue weighted by Crippen LogP contribution is -2.32. The van der Waals surface area contributed by atoms with Crippen molar-refractivity contribution >= 4 is 23.5 Å². The summed E-state index contributed by atoms with van der Waals surface area (Å²) < 4.78 is 0. The van der Waals surface area contributed by atoms with Gasteiger partial charge in [-0.15, -0.1) is 0 Å². The van der Waals surface area contributed by atoms with Crippen molar-refractivity contribution in [2.24, 2.45) is 5.92 Å². The van der Waals surface area contributed by atoms with Crippen LogP contribution in [0, 0.1) is 5.92 Å². The first kappa shape index (κ1) is 17.2. The summed E-state index contributed by atoms with van der Waals surface area (Å²) in [5.41, 5.74) is 2.04. The van der Waals surface area contributed by atoms with Gasteiger partial charge in [0.2, 0.25) is 0 Å². The van der Waals surface area contributed by atoms with Crippen LogP contribution >= 0.6 is 11.8 Å². The van der Waals surface area contributed by atoms with Gasteiger partial charge in [-0.3, -0.25) is 0 Å². The Bertz CT molecular complexity index is 493. The van der Waals surface area contributed by atoms with Crippen molar-refractivity contribution < 1.29 is 9.90 Å². The lowest BCUT2D eigenvalue weighted by molar-refractivity contribution is 0.177. The number of rotatable bonds is 6. The molecule has 0 unspecified atom stereocenters. The van der Waals surface area contributed by atoms with E-state index in [0.29, 0.717) is 17.7 Å². The average Bonchev–Trinajstić information content (AvgIpc) is 2.89. The SMILES string of the molecule is CC(C)SCc1cccc(NC(=O)NC[C@@H]2CC[C@@H](O)C2)c1. The maximum absolute atomic E-state index is 11.9. The Balaban J connectivity index is 1.77. The zero-order valence-corrected chi connectivity index (χ0v) is 14.2. The van der Waals surface area contributed by atoms with Crippen molar-refractivity contribution in [3.8, 4) is 0 Å². The molecule has 4 nitrogen and oxygen atoms in total. The molecule has 122 valence electrons. The Morgan fingerprint density at radius 3 is 2.91 bits per heavy atom. The first-order valence-corrected chi connectivity index (χ1v) is 9.01. The van der Waals surface area contributed by atoms with Crippen LogP contribution in [-0.4, -0.2) is 29.0 Å². The summed E-state index contributed by atoms with van der Waals surface area (Å²) in [6.07, 6.45) is 2.44. The van der Waals surface area contributed by atoms with E-state index in [9.17, 15) is 9.90 Å². The van der Waals surface area contributed by atoms with E-state index in [1.165, 1.54) is 5.56 Å². The predicted octanol–water partition coefficient (Wildman–Crippen LogP) is 3.61. The second-order valence-corrected chi connectivity index (χ2v) is 7.79. The number of nitrogens with one attached hydrogen (secondary N) is 2. The third kappa shape index (κ3) is 5.89. The van der Waals surface area contributed by atoms with Crippen LogP contribution in [0.4, 0.5) is 10.5 Å². The molecule has 1 saturated carbocycles. The molecule has 1 aromatic carbocycles. The molecule has 1 aliphatic rings. The number of thioether (sulfide) groups is 1. The van der Waals surface area contributed by atoms with Crippen LogP contribution in [0.1, 0.15) is 38.7 Å². The molecule has 22 heavy (non-hydrogen) atoms. The van der Waals surface area contributed by atoms with E-state index in [1.54, 1.807) is 0 Å².